The summed E-state index contributed by atoms with van der Waals surface area (Å²) in [6, 6.07) is 0. The van der Waals surface area contributed by atoms with E-state index in [4.69, 9.17) is 4.98 Å². The van der Waals surface area contributed by atoms with Crippen molar-refractivity contribution < 1.29 is 0 Å². The Morgan fingerprint density at radius 3 is 2.40 bits per heavy atom. The topological polar surface area (TPSA) is 16.1 Å². The van der Waals surface area contributed by atoms with Crippen molar-refractivity contribution in [3.63, 3.8) is 0 Å². The predicted molar refractivity (Wildman–Crippen MR) is 71.2 cm³/mol. The van der Waals surface area contributed by atoms with Gasteiger partial charge in [0.2, 0.25) is 0 Å². The molecule has 15 heavy (non-hydrogen) atoms. The van der Waals surface area contributed by atoms with Gasteiger partial charge in [-0.05, 0) is 19.3 Å². The van der Waals surface area contributed by atoms with Crippen LogP contribution in [0.5, 0.6) is 0 Å². The second-order valence-electron chi connectivity index (χ2n) is 5.31. The molecule has 2 heterocycles. The molecule has 1 aliphatic rings. The number of aromatic nitrogens is 1. The third-order valence-corrected chi connectivity index (χ3v) is 5.79. The lowest BCUT2D eigenvalue weighted by Crippen LogP contribution is -2.39. The van der Waals surface area contributed by atoms with Crippen LogP contribution in [0, 0.1) is 0 Å². The molecule has 1 saturated heterocycles. The Bertz CT molecular complexity index is 324. The molecule has 1 aromatic rings. The number of thiazole rings is 1. The van der Waals surface area contributed by atoms with Crippen molar-refractivity contribution in [3.05, 3.63) is 5.38 Å². The van der Waals surface area contributed by atoms with Gasteiger partial charge in [-0.3, -0.25) is 0 Å². The molecular formula is C11H20N2SSi. The summed E-state index contributed by atoms with van der Waals surface area (Å²) < 4.78 is 0. The normalized spacial score (nSPS) is 18.2. The number of rotatable bonds is 2. The summed E-state index contributed by atoms with van der Waals surface area (Å²) in [4.78, 5) is 7.27. The van der Waals surface area contributed by atoms with E-state index in [1.165, 1.54) is 42.8 Å². The van der Waals surface area contributed by atoms with Gasteiger partial charge in [0.15, 0.2) is 5.13 Å². The van der Waals surface area contributed by atoms with E-state index in [-0.39, 0.29) is 0 Å². The zero-order chi connectivity index (χ0) is 10.9. The fourth-order valence-corrected chi connectivity index (χ4v) is 4.70. The molecule has 4 heteroatoms. The molecule has 0 bridgehead atoms. The first-order valence-corrected chi connectivity index (χ1v) is 10.2. The third-order valence-electron chi connectivity index (χ3n) is 2.89. The molecule has 84 valence electrons. The molecule has 0 amide bonds. The minimum Gasteiger partial charge on any atom is -0.348 e. The van der Waals surface area contributed by atoms with E-state index in [2.05, 4.69) is 29.9 Å². The summed E-state index contributed by atoms with van der Waals surface area (Å²) in [6.07, 6.45) is 4.06. The quantitative estimate of drug-likeness (QED) is 0.739. The highest BCUT2D eigenvalue weighted by molar-refractivity contribution is 7.15. The second kappa shape index (κ2) is 4.26. The van der Waals surface area contributed by atoms with E-state index in [9.17, 15) is 0 Å². The second-order valence-corrected chi connectivity index (χ2v) is 11.2. The van der Waals surface area contributed by atoms with Crippen LogP contribution in [0.3, 0.4) is 0 Å². The molecule has 0 aliphatic carbocycles. The Morgan fingerprint density at radius 2 is 1.87 bits per heavy atom. The van der Waals surface area contributed by atoms with Gasteiger partial charge in [0.1, 0.15) is 8.07 Å². The maximum absolute atomic E-state index is 4.81. The number of piperidine rings is 1. The zero-order valence-electron chi connectivity index (χ0n) is 9.92. The van der Waals surface area contributed by atoms with Gasteiger partial charge < -0.3 is 4.90 Å². The van der Waals surface area contributed by atoms with Crippen LogP contribution in [-0.4, -0.2) is 26.1 Å². The minimum atomic E-state index is -1.20. The van der Waals surface area contributed by atoms with Crippen molar-refractivity contribution in [2.24, 2.45) is 0 Å². The Labute approximate surface area is 97.3 Å². The van der Waals surface area contributed by atoms with E-state index in [1.807, 2.05) is 11.3 Å². The highest BCUT2D eigenvalue weighted by atomic mass is 32.1. The predicted octanol–water partition coefficient (Wildman–Crippen LogP) is 2.68. The minimum absolute atomic E-state index is 1.20. The van der Waals surface area contributed by atoms with Crippen LogP contribution >= 0.6 is 11.3 Å². The maximum atomic E-state index is 4.81. The lowest BCUT2D eigenvalue weighted by atomic mass is 10.1. The molecule has 0 saturated carbocycles. The van der Waals surface area contributed by atoms with Crippen molar-refractivity contribution in [1.82, 2.24) is 4.98 Å². The molecule has 0 unspecified atom stereocenters. The van der Waals surface area contributed by atoms with Crippen molar-refractivity contribution in [1.29, 1.82) is 0 Å². The first kappa shape index (κ1) is 11.1. The van der Waals surface area contributed by atoms with Crippen LogP contribution in [0.2, 0.25) is 19.6 Å². The fourth-order valence-electron chi connectivity index (χ4n) is 1.84. The summed E-state index contributed by atoms with van der Waals surface area (Å²) in [7, 11) is -1.20. The van der Waals surface area contributed by atoms with Crippen LogP contribution in [0.25, 0.3) is 0 Å². The number of hydrogen-bond donors (Lipinski definition) is 0. The number of nitrogens with zero attached hydrogens (tertiary/aromatic N) is 2. The molecule has 1 aliphatic heterocycles. The van der Waals surface area contributed by atoms with Crippen molar-refractivity contribution in [2.45, 2.75) is 38.9 Å². The largest absolute Gasteiger partial charge is 0.348 e. The number of hydrogen-bond acceptors (Lipinski definition) is 3. The molecular weight excluding hydrogens is 220 g/mol. The van der Waals surface area contributed by atoms with Gasteiger partial charge in [0, 0.05) is 23.8 Å². The van der Waals surface area contributed by atoms with E-state index in [1.54, 1.807) is 0 Å². The lowest BCUT2D eigenvalue weighted by molar-refractivity contribution is 0.577. The SMILES string of the molecule is C[Si](C)(C)c1csc(N2CCCCC2)n1. The van der Waals surface area contributed by atoms with Crippen molar-refractivity contribution in [2.75, 3.05) is 18.0 Å². The van der Waals surface area contributed by atoms with Crippen LogP contribution in [0.1, 0.15) is 19.3 Å². The smallest absolute Gasteiger partial charge is 0.185 e. The van der Waals surface area contributed by atoms with Crippen LogP contribution in [-0.2, 0) is 0 Å². The van der Waals surface area contributed by atoms with Gasteiger partial charge in [0.05, 0.1) is 0 Å². The Morgan fingerprint density at radius 1 is 1.20 bits per heavy atom. The highest BCUT2D eigenvalue weighted by Crippen LogP contribution is 2.22. The third kappa shape index (κ3) is 2.61. The Kier molecular flexibility index (Phi) is 3.16. The fraction of sp³-hybridized carbons (Fsp3) is 0.727. The van der Waals surface area contributed by atoms with E-state index in [0.717, 1.165) is 0 Å². The average Bonchev–Trinajstić information content (AvgIpc) is 2.67. The monoisotopic (exact) mass is 240 g/mol. The summed E-state index contributed by atoms with van der Waals surface area (Å²) in [5.74, 6) is 0. The van der Waals surface area contributed by atoms with Crippen LogP contribution in [0.4, 0.5) is 5.13 Å². The first-order chi connectivity index (χ1) is 7.07. The average molecular weight is 240 g/mol. The molecule has 2 nitrogen and oxygen atoms in total. The van der Waals surface area contributed by atoms with Crippen LogP contribution in [0.15, 0.2) is 5.38 Å². The Hall–Kier alpha value is -0.353. The molecule has 2 rings (SSSR count). The van der Waals surface area contributed by atoms with Crippen LogP contribution < -0.4 is 10.2 Å². The summed E-state index contributed by atoms with van der Waals surface area (Å²) >= 11 is 1.83. The van der Waals surface area contributed by atoms with Crippen molar-refractivity contribution in [3.8, 4) is 0 Å². The van der Waals surface area contributed by atoms with E-state index in [0.29, 0.717) is 0 Å². The van der Waals surface area contributed by atoms with Crippen molar-refractivity contribution >= 4 is 29.9 Å². The summed E-state index contributed by atoms with van der Waals surface area (Å²) in [5, 5.41) is 4.90. The molecule has 1 aromatic heterocycles. The molecule has 0 radical (unpaired) electrons. The summed E-state index contributed by atoms with van der Waals surface area (Å²) in [5.41, 5.74) is 0. The standard InChI is InChI=1S/C11H20N2SSi/c1-15(2,3)10-9-14-11(12-10)13-7-5-4-6-8-13/h9H,4-8H2,1-3H3. The zero-order valence-corrected chi connectivity index (χ0v) is 11.7. The first-order valence-electron chi connectivity index (χ1n) is 5.78. The van der Waals surface area contributed by atoms with E-state index >= 15 is 0 Å². The molecule has 1 fully saturated rings. The Balaban J connectivity index is 2.12. The molecule has 0 N–H and O–H groups in total. The van der Waals surface area contributed by atoms with E-state index < -0.39 is 8.07 Å². The highest BCUT2D eigenvalue weighted by Gasteiger charge is 2.22. The van der Waals surface area contributed by atoms with Gasteiger partial charge in [-0.15, -0.1) is 11.3 Å². The van der Waals surface area contributed by atoms with Gasteiger partial charge in [0.25, 0.3) is 0 Å². The molecule has 0 aromatic carbocycles. The molecule has 0 spiro atoms. The van der Waals surface area contributed by atoms with Gasteiger partial charge in [-0.2, -0.15) is 0 Å². The van der Waals surface area contributed by atoms with Gasteiger partial charge in [-0.25, -0.2) is 4.98 Å². The molecule has 0 atom stereocenters. The lowest BCUT2D eigenvalue weighted by Gasteiger charge is -2.26. The van der Waals surface area contributed by atoms with Gasteiger partial charge >= 0.3 is 0 Å². The van der Waals surface area contributed by atoms with Gasteiger partial charge in [-0.1, -0.05) is 19.6 Å². The maximum Gasteiger partial charge on any atom is 0.185 e. The number of anilines is 1. The summed E-state index contributed by atoms with van der Waals surface area (Å²) in [6.45, 7) is 9.50.